The molecular formula is C72H64N10Pt2-4. The first-order valence-corrected chi connectivity index (χ1v) is 32.1. The van der Waals surface area contributed by atoms with Gasteiger partial charge in [0.1, 0.15) is 0 Å². The van der Waals surface area contributed by atoms with Crippen molar-refractivity contribution in [3.63, 3.8) is 0 Å². The molecule has 426 valence electrons. The van der Waals surface area contributed by atoms with Gasteiger partial charge >= 0.3 is 530 Å². The monoisotopic (exact) mass is 1470 g/mol. The van der Waals surface area contributed by atoms with Crippen LogP contribution in [0, 0.1) is 38.1 Å². The molecule has 0 atom stereocenters. The van der Waals surface area contributed by atoms with Gasteiger partial charge in [-0.1, -0.05) is 0 Å². The molecule has 6 aliphatic heterocycles. The summed E-state index contributed by atoms with van der Waals surface area (Å²) in [5, 5.41) is 0. The molecule has 10 nitrogen and oxygen atoms in total. The molecule has 0 spiro atoms. The maximum absolute atomic E-state index is 9.23. The number of rotatable bonds is 2. The van der Waals surface area contributed by atoms with E-state index in [2.05, 4.69) is 126 Å². The van der Waals surface area contributed by atoms with E-state index in [1.807, 2.05) is 129 Å². The third kappa shape index (κ3) is 8.11. The van der Waals surface area contributed by atoms with Gasteiger partial charge in [0.2, 0.25) is 0 Å². The van der Waals surface area contributed by atoms with Gasteiger partial charge in [0.25, 0.3) is 0 Å². The van der Waals surface area contributed by atoms with Crippen LogP contribution in [0.1, 0.15) is 80.2 Å². The number of para-hydroxylation sites is 8. The minimum atomic E-state index is -2.70. The summed E-state index contributed by atoms with van der Waals surface area (Å²) in [4.78, 5) is 17.7. The first kappa shape index (κ1) is 41.0. The predicted molar refractivity (Wildman–Crippen MR) is 346 cm³/mol. The second-order valence-corrected chi connectivity index (χ2v) is 28.7. The average molecular weight is 1470 g/mol. The van der Waals surface area contributed by atoms with Gasteiger partial charge in [-0.25, -0.2) is 0 Å². The van der Waals surface area contributed by atoms with Crippen LogP contribution in [-0.4, -0.2) is 44.5 Å². The Balaban J connectivity index is 1.00. The van der Waals surface area contributed by atoms with Crippen LogP contribution in [-0.2, 0) is 46.1 Å². The second kappa shape index (κ2) is 19.2. The van der Waals surface area contributed by atoms with Crippen molar-refractivity contribution in [1.82, 2.24) is 0 Å². The van der Waals surface area contributed by atoms with Gasteiger partial charge in [-0.15, -0.1) is 0 Å². The van der Waals surface area contributed by atoms with E-state index in [4.69, 9.17) is 0 Å². The number of nitrogens with zero attached hydrogens (tertiary/aromatic N) is 10. The van der Waals surface area contributed by atoms with Gasteiger partial charge in [0.15, 0.2) is 0 Å². The zero-order chi connectivity index (χ0) is 67.8. The number of fused-ring (bicyclic) bond motifs is 24. The summed E-state index contributed by atoms with van der Waals surface area (Å²) in [5.41, 5.74) is 13.1. The summed E-state index contributed by atoms with van der Waals surface area (Å²) in [6, 6.07) is 69.3. The van der Waals surface area contributed by atoms with E-state index in [0.717, 1.165) is 33.6 Å². The summed E-state index contributed by atoms with van der Waals surface area (Å²) in [6.07, 6.45) is 0. The average Bonchev–Trinajstić information content (AvgIpc) is 1.55. The van der Waals surface area contributed by atoms with Crippen molar-refractivity contribution in [1.29, 1.82) is 0 Å². The van der Waals surface area contributed by atoms with Crippen LogP contribution in [0.3, 0.4) is 0 Å². The SMILES string of the molecule is [2H]C([2H])([2H])N1[C]2=[Pt]=[C]3N(c4[c-]c(cc(C(C)(C)C)c4)N(c4cc(C)c(N5c6[c-]c(ccc6)N6[C](=[Pt]=[C]7N(c8[c-]c5cc(C(C)(C)C)c8)c5ccccc5N7C([2H])([2H])[2H])N(C([2H])([2H])[2H])c5ccccc56)cc4C)c4[c-]c(ccc4)N2c2ccccc21)c1ccccc1N3C([2H])([2H])[2H]. The molecule has 0 saturated heterocycles. The third-order valence-electron chi connectivity index (χ3n) is 16.0. The van der Waals surface area contributed by atoms with E-state index < -0.39 is 74.0 Å². The summed E-state index contributed by atoms with van der Waals surface area (Å²) in [7, 11) is 0. The molecule has 0 amide bonds. The van der Waals surface area contributed by atoms with Crippen molar-refractivity contribution in [3.05, 3.63) is 216 Å². The van der Waals surface area contributed by atoms with Crippen LogP contribution < -0.4 is 49.0 Å². The molecule has 0 unspecified atom stereocenters. The van der Waals surface area contributed by atoms with Crippen molar-refractivity contribution in [2.75, 3.05) is 76.9 Å². The molecule has 0 saturated carbocycles. The molecule has 9 aromatic carbocycles. The molecule has 8 bridgehead atoms. The Hall–Kier alpha value is -8.16. The van der Waals surface area contributed by atoms with E-state index in [0.29, 0.717) is 108 Å². The fourth-order valence-corrected chi connectivity index (χ4v) is 17.9. The zero-order valence-electron chi connectivity index (χ0n) is 59.3. The predicted octanol–water partition coefficient (Wildman–Crippen LogP) is 15.9. The van der Waals surface area contributed by atoms with Crippen molar-refractivity contribution in [2.24, 2.45) is 0 Å². The van der Waals surface area contributed by atoms with E-state index in [9.17, 15) is 16.4 Å². The van der Waals surface area contributed by atoms with E-state index in [1.165, 1.54) is 19.6 Å². The van der Waals surface area contributed by atoms with E-state index in [1.54, 1.807) is 24.3 Å². The number of benzene rings is 9. The molecule has 0 fully saturated rings. The number of hydrogen-bond donors (Lipinski definition) is 0. The Labute approximate surface area is 527 Å². The first-order chi connectivity index (χ1) is 45.3. The van der Waals surface area contributed by atoms with Gasteiger partial charge < -0.3 is 0 Å². The number of anilines is 18. The van der Waals surface area contributed by atoms with Crippen molar-refractivity contribution in [3.8, 4) is 0 Å². The van der Waals surface area contributed by atoms with Crippen LogP contribution in [0.4, 0.5) is 102 Å². The Bertz CT molecular complexity index is 4610. The molecule has 0 aliphatic carbocycles. The van der Waals surface area contributed by atoms with Crippen LogP contribution in [0.15, 0.2) is 170 Å². The molecule has 0 N–H and O–H groups in total. The fraction of sp³-hybridized carbons (Fsp3) is 0.194. The maximum atomic E-state index is 9.23. The molecule has 9 aromatic rings. The Kier molecular flexibility index (Phi) is 9.35. The van der Waals surface area contributed by atoms with Gasteiger partial charge in [-0.2, -0.15) is 0 Å². The quantitative estimate of drug-likeness (QED) is 0.156. The molecule has 0 radical (unpaired) electrons. The van der Waals surface area contributed by atoms with Gasteiger partial charge in [-0.05, 0) is 0 Å². The molecule has 6 aliphatic rings. The summed E-state index contributed by atoms with van der Waals surface area (Å²) in [6.45, 7) is 6.18. The zero-order valence-corrected chi connectivity index (χ0v) is 51.8. The van der Waals surface area contributed by atoms with Gasteiger partial charge in [0, 0.05) is 0 Å². The molecule has 15 rings (SSSR count). The minimum absolute atomic E-state index is 0.418. The van der Waals surface area contributed by atoms with E-state index >= 15 is 0 Å². The first-order valence-electron chi connectivity index (χ1n) is 33.6. The second-order valence-electron chi connectivity index (χ2n) is 23.5. The Morgan fingerprint density at radius 1 is 0.298 bits per heavy atom. The van der Waals surface area contributed by atoms with E-state index in [-0.39, 0.29) is 0 Å². The van der Waals surface area contributed by atoms with Gasteiger partial charge in [-0.3, -0.25) is 0 Å². The topological polar surface area (TPSA) is 32.4 Å². The van der Waals surface area contributed by atoms with Crippen molar-refractivity contribution >= 4 is 119 Å². The molecule has 0 aromatic heterocycles. The van der Waals surface area contributed by atoms with Crippen molar-refractivity contribution < 1.29 is 51.7 Å². The van der Waals surface area contributed by atoms with Crippen LogP contribution in [0.2, 0.25) is 0 Å². The van der Waals surface area contributed by atoms with Crippen LogP contribution in [0.25, 0.3) is 0 Å². The summed E-state index contributed by atoms with van der Waals surface area (Å²) >= 11 is -3.48. The molecular weight excluding hydrogens is 1400 g/mol. The van der Waals surface area contributed by atoms with Crippen molar-refractivity contribution in [2.45, 2.75) is 66.2 Å². The fourth-order valence-electron chi connectivity index (χ4n) is 11.7. The molecule has 6 heterocycles. The molecule has 12 heteroatoms. The normalized spacial score (nSPS) is 18.8. The van der Waals surface area contributed by atoms with Crippen LogP contribution in [0.5, 0.6) is 0 Å². The Morgan fingerprint density at radius 3 is 0.833 bits per heavy atom. The summed E-state index contributed by atoms with van der Waals surface area (Å²) in [5.74, 6) is 0. The Morgan fingerprint density at radius 2 is 0.548 bits per heavy atom. The molecule has 84 heavy (non-hydrogen) atoms. The summed E-state index contributed by atoms with van der Waals surface area (Å²) < 4.78 is 112. The third-order valence-corrected chi connectivity index (χ3v) is 22.1. The standard InChI is InChI=1S/C72H64N10.2Pt/c1-49-35-70(82(56-26-22-24-54(42-56)78-46-74(10)62-28-14-18-32-66(62)78)60-40-52(72(6,7)8)38-58(44-60)80-48-76(12)64-30-16-20-34-68(64)80)50(2)36-69(49)81(55-25-21-23-53(41-55)77-45-73(9)61-27-13-17-31-65(61)77)59-39-51(71(3,4)5)37-57(43-59)79-47-75(11)63-29-15-19-33-67(63)79;;/h13-40H,1-12H3;;/q-4;;/i9D3,10D3,11D3,12D3;;. The van der Waals surface area contributed by atoms with Gasteiger partial charge in [0.05, 0.1) is 0 Å². The van der Waals surface area contributed by atoms with Crippen LogP contribution >= 0.6 is 0 Å². The number of hydrogen-bond acceptors (Lipinski definition) is 10. The number of aryl methyl sites for hydroxylation is 2.